The lowest BCUT2D eigenvalue weighted by Crippen LogP contribution is -2.46. The predicted molar refractivity (Wildman–Crippen MR) is 81.7 cm³/mol. The first kappa shape index (κ1) is 12.8. The second-order valence-corrected chi connectivity index (χ2v) is 6.33. The highest BCUT2D eigenvalue weighted by Crippen LogP contribution is 2.38. The van der Waals surface area contributed by atoms with Crippen molar-refractivity contribution in [3.05, 3.63) is 45.1 Å². The van der Waals surface area contributed by atoms with Crippen LogP contribution in [-0.2, 0) is 0 Å². The molecule has 1 N–H and O–H groups in total. The molecule has 1 aromatic heterocycles. The lowest BCUT2D eigenvalue weighted by atomic mass is 9.97. The molecule has 3 heterocycles. The molecule has 0 aliphatic carbocycles. The Labute approximate surface area is 122 Å². The monoisotopic (exact) mass is 285 g/mol. The van der Waals surface area contributed by atoms with Gasteiger partial charge in [-0.2, -0.15) is 0 Å². The van der Waals surface area contributed by atoms with Crippen LogP contribution in [0, 0.1) is 0 Å². The molecule has 3 atom stereocenters. The van der Waals surface area contributed by atoms with E-state index in [9.17, 15) is 9.59 Å². The van der Waals surface area contributed by atoms with Crippen LogP contribution in [0.2, 0.25) is 0 Å². The first-order valence-electron chi connectivity index (χ1n) is 7.60. The van der Waals surface area contributed by atoms with Crippen molar-refractivity contribution in [3.8, 4) is 0 Å². The molecule has 5 heteroatoms. The minimum absolute atomic E-state index is 0.0274. The van der Waals surface area contributed by atoms with E-state index in [1.165, 1.54) is 17.4 Å². The number of fused-ring (bicyclic) bond motifs is 3. The van der Waals surface area contributed by atoms with E-state index in [4.69, 9.17) is 0 Å². The second kappa shape index (κ2) is 4.56. The lowest BCUT2D eigenvalue weighted by Gasteiger charge is -2.36. The fraction of sp³-hybridized carbons (Fsp3) is 0.500. The molecule has 2 bridgehead atoms. The number of nitrogens with one attached hydrogen (secondary N) is 1. The van der Waals surface area contributed by atoms with Gasteiger partial charge in [0.2, 0.25) is 0 Å². The van der Waals surface area contributed by atoms with Crippen LogP contribution in [0.1, 0.15) is 31.7 Å². The van der Waals surface area contributed by atoms with Crippen molar-refractivity contribution in [2.24, 2.45) is 0 Å². The van der Waals surface area contributed by atoms with E-state index in [1.54, 1.807) is 12.1 Å². The van der Waals surface area contributed by atoms with Crippen molar-refractivity contribution in [1.82, 2.24) is 14.5 Å². The van der Waals surface area contributed by atoms with Crippen LogP contribution in [0.4, 0.5) is 0 Å². The summed E-state index contributed by atoms with van der Waals surface area (Å²) in [6.07, 6.45) is 4.15. The average Bonchev–Trinajstić information content (AvgIpc) is 2.70. The van der Waals surface area contributed by atoms with Gasteiger partial charge in [0.1, 0.15) is 0 Å². The van der Waals surface area contributed by atoms with Gasteiger partial charge in [0.15, 0.2) is 0 Å². The van der Waals surface area contributed by atoms with Crippen LogP contribution >= 0.6 is 0 Å². The number of nitrogens with zero attached hydrogens (tertiary/aromatic N) is 2. The van der Waals surface area contributed by atoms with E-state index in [0.717, 1.165) is 12.8 Å². The number of benzene rings is 1. The molecule has 110 valence electrons. The Morgan fingerprint density at radius 1 is 1.05 bits per heavy atom. The van der Waals surface area contributed by atoms with Gasteiger partial charge >= 0.3 is 5.69 Å². The van der Waals surface area contributed by atoms with Gasteiger partial charge in [0.05, 0.1) is 10.9 Å². The molecule has 0 radical (unpaired) electrons. The summed E-state index contributed by atoms with van der Waals surface area (Å²) in [5, 5.41) is 0.600. The Hall–Kier alpha value is -1.88. The Morgan fingerprint density at radius 3 is 2.43 bits per heavy atom. The zero-order valence-electron chi connectivity index (χ0n) is 12.1. The Bertz CT molecular complexity index is 793. The van der Waals surface area contributed by atoms with Gasteiger partial charge in [-0.25, -0.2) is 4.79 Å². The molecule has 1 aromatic carbocycles. The standard InChI is InChI=1S/C16H19N3O2/c1-18-10-6-7-11(18)9-12(8-10)19-15(20)13-4-2-3-5-14(13)17-16(19)21/h2-5,10-12H,6-9H2,1H3,(H,17,21)/t10-,11+,12?. The number of aromatic nitrogens is 2. The number of para-hydroxylation sites is 1. The van der Waals surface area contributed by atoms with Crippen LogP contribution in [-0.4, -0.2) is 33.6 Å². The molecule has 2 fully saturated rings. The number of hydrogen-bond acceptors (Lipinski definition) is 3. The minimum Gasteiger partial charge on any atom is -0.307 e. The van der Waals surface area contributed by atoms with Gasteiger partial charge in [-0.15, -0.1) is 0 Å². The van der Waals surface area contributed by atoms with E-state index in [0.29, 0.717) is 23.0 Å². The zero-order valence-corrected chi connectivity index (χ0v) is 12.1. The Morgan fingerprint density at radius 2 is 1.71 bits per heavy atom. The molecular weight excluding hydrogens is 266 g/mol. The summed E-state index contributed by atoms with van der Waals surface area (Å²) in [6, 6.07) is 8.27. The van der Waals surface area contributed by atoms with E-state index < -0.39 is 0 Å². The molecule has 2 aromatic rings. The van der Waals surface area contributed by atoms with Gasteiger partial charge in [-0.1, -0.05) is 12.1 Å². The van der Waals surface area contributed by atoms with Crippen LogP contribution in [0.25, 0.3) is 10.9 Å². The normalized spacial score (nSPS) is 29.1. The molecule has 2 aliphatic rings. The van der Waals surface area contributed by atoms with Crippen LogP contribution in [0.3, 0.4) is 0 Å². The highest BCUT2D eigenvalue weighted by molar-refractivity contribution is 5.76. The summed E-state index contributed by atoms with van der Waals surface area (Å²) in [4.78, 5) is 30.3. The van der Waals surface area contributed by atoms with Crippen molar-refractivity contribution < 1.29 is 0 Å². The highest BCUT2D eigenvalue weighted by atomic mass is 16.2. The number of H-pyrrole nitrogens is 1. The summed E-state index contributed by atoms with van der Waals surface area (Å²) < 4.78 is 1.46. The number of aromatic amines is 1. The van der Waals surface area contributed by atoms with Crippen LogP contribution in [0.15, 0.2) is 33.9 Å². The first-order valence-corrected chi connectivity index (χ1v) is 7.60. The fourth-order valence-corrected chi connectivity index (χ4v) is 4.10. The van der Waals surface area contributed by atoms with Gasteiger partial charge in [-0.05, 0) is 44.9 Å². The predicted octanol–water partition coefficient (Wildman–Crippen LogP) is 1.49. The molecule has 2 saturated heterocycles. The lowest BCUT2D eigenvalue weighted by molar-refractivity contribution is 0.134. The van der Waals surface area contributed by atoms with Crippen molar-refractivity contribution >= 4 is 10.9 Å². The van der Waals surface area contributed by atoms with Crippen molar-refractivity contribution in [2.75, 3.05) is 7.05 Å². The van der Waals surface area contributed by atoms with Crippen molar-refractivity contribution in [3.63, 3.8) is 0 Å². The van der Waals surface area contributed by atoms with Crippen molar-refractivity contribution in [1.29, 1.82) is 0 Å². The largest absolute Gasteiger partial charge is 0.329 e. The summed E-state index contributed by atoms with van der Waals surface area (Å²) in [5.41, 5.74) is 0.204. The average molecular weight is 285 g/mol. The third-order valence-corrected chi connectivity index (χ3v) is 5.28. The molecule has 5 nitrogen and oxygen atoms in total. The molecule has 4 rings (SSSR count). The minimum atomic E-state index is -0.271. The third-order valence-electron chi connectivity index (χ3n) is 5.28. The van der Waals surface area contributed by atoms with E-state index in [2.05, 4.69) is 16.9 Å². The SMILES string of the molecule is CN1[C@@H]2CC[C@H]1CC(n1c(=O)[nH]c3ccccc3c1=O)C2. The topological polar surface area (TPSA) is 58.1 Å². The molecule has 1 unspecified atom stereocenters. The summed E-state index contributed by atoms with van der Waals surface area (Å²) in [6.45, 7) is 0. The zero-order chi connectivity index (χ0) is 14.6. The van der Waals surface area contributed by atoms with Crippen LogP contribution in [0.5, 0.6) is 0 Å². The molecule has 0 spiro atoms. The molecule has 2 aliphatic heterocycles. The number of rotatable bonds is 1. The number of hydrogen-bond donors (Lipinski definition) is 1. The molecule has 0 amide bonds. The van der Waals surface area contributed by atoms with Crippen molar-refractivity contribution in [2.45, 2.75) is 43.8 Å². The van der Waals surface area contributed by atoms with E-state index >= 15 is 0 Å². The van der Waals surface area contributed by atoms with E-state index in [-0.39, 0.29) is 17.3 Å². The Kier molecular flexibility index (Phi) is 2.79. The maximum absolute atomic E-state index is 12.7. The fourth-order valence-electron chi connectivity index (χ4n) is 4.10. The Balaban J connectivity index is 1.84. The molecule has 0 saturated carbocycles. The molecular formula is C16H19N3O2. The first-order chi connectivity index (χ1) is 10.1. The molecule has 21 heavy (non-hydrogen) atoms. The van der Waals surface area contributed by atoms with Gasteiger partial charge < -0.3 is 9.88 Å². The maximum atomic E-state index is 12.7. The van der Waals surface area contributed by atoms with E-state index in [1.807, 2.05) is 12.1 Å². The summed E-state index contributed by atoms with van der Waals surface area (Å²) in [7, 11) is 2.16. The van der Waals surface area contributed by atoms with Gasteiger partial charge in [-0.3, -0.25) is 9.36 Å². The maximum Gasteiger partial charge on any atom is 0.329 e. The summed E-state index contributed by atoms with van der Waals surface area (Å²) in [5.74, 6) is 0. The number of piperidine rings is 1. The van der Waals surface area contributed by atoms with Gasteiger partial charge in [0, 0.05) is 18.1 Å². The third kappa shape index (κ3) is 1.87. The van der Waals surface area contributed by atoms with Gasteiger partial charge in [0.25, 0.3) is 5.56 Å². The highest BCUT2D eigenvalue weighted by Gasteiger charge is 2.39. The van der Waals surface area contributed by atoms with Crippen LogP contribution < -0.4 is 11.2 Å². The smallest absolute Gasteiger partial charge is 0.307 e. The second-order valence-electron chi connectivity index (χ2n) is 6.33. The quantitative estimate of drug-likeness (QED) is 0.863. The summed E-state index contributed by atoms with van der Waals surface area (Å²) >= 11 is 0.